The molecule has 0 aliphatic heterocycles. The Morgan fingerprint density at radius 3 is 2.50 bits per heavy atom. The number of hydrogen-bond donors (Lipinski definition) is 1. The third-order valence-electron chi connectivity index (χ3n) is 3.94. The number of aryl methyl sites for hydroxylation is 1. The van der Waals surface area contributed by atoms with Gasteiger partial charge >= 0.3 is 5.97 Å². The zero-order valence-corrected chi connectivity index (χ0v) is 15.9. The van der Waals surface area contributed by atoms with E-state index in [0.29, 0.717) is 16.4 Å². The minimum Gasteiger partial charge on any atom is -0.454 e. The smallest absolute Gasteiger partial charge is 0.325 e. The largest absolute Gasteiger partial charge is 0.454 e. The van der Waals surface area contributed by atoms with E-state index in [0.717, 1.165) is 12.0 Å². The maximum absolute atomic E-state index is 11.9. The molecule has 1 heterocycles. The Morgan fingerprint density at radius 1 is 1.11 bits per heavy atom. The molecule has 144 valence electrons. The van der Waals surface area contributed by atoms with Crippen molar-refractivity contribution >= 4 is 23.5 Å². The van der Waals surface area contributed by atoms with Gasteiger partial charge in [-0.25, -0.2) is 0 Å². The van der Waals surface area contributed by atoms with Gasteiger partial charge < -0.3 is 14.6 Å². The van der Waals surface area contributed by atoms with Gasteiger partial charge in [-0.2, -0.15) is 4.98 Å². The number of ether oxygens (including phenoxy) is 1. The summed E-state index contributed by atoms with van der Waals surface area (Å²) in [6, 6.07) is 14.1. The maximum atomic E-state index is 11.9. The highest BCUT2D eigenvalue weighted by Crippen LogP contribution is 2.17. The van der Waals surface area contributed by atoms with Gasteiger partial charge in [0, 0.05) is 16.1 Å². The van der Waals surface area contributed by atoms with Gasteiger partial charge in [0.15, 0.2) is 6.61 Å². The molecule has 0 spiro atoms. The second-order valence-corrected chi connectivity index (χ2v) is 6.35. The van der Waals surface area contributed by atoms with E-state index in [-0.39, 0.29) is 19.0 Å². The molecule has 8 heteroatoms. The fourth-order valence-electron chi connectivity index (χ4n) is 2.37. The lowest BCUT2D eigenvalue weighted by Gasteiger charge is -2.05. The average Bonchev–Trinajstić information content (AvgIpc) is 3.20. The Balaban J connectivity index is 1.47. The lowest BCUT2D eigenvalue weighted by molar-refractivity contribution is -0.144. The molecule has 7 nitrogen and oxygen atoms in total. The molecule has 0 radical (unpaired) electrons. The molecule has 0 aliphatic carbocycles. The summed E-state index contributed by atoms with van der Waals surface area (Å²) in [5.41, 5.74) is 2.42. The molecule has 0 unspecified atom stereocenters. The van der Waals surface area contributed by atoms with Crippen LogP contribution >= 0.6 is 11.6 Å². The number of halogens is 1. The highest BCUT2D eigenvalue weighted by Gasteiger charge is 2.13. The fraction of sp³-hybridized carbons (Fsp3) is 0.200. The van der Waals surface area contributed by atoms with E-state index >= 15 is 0 Å². The monoisotopic (exact) mass is 399 g/mol. The summed E-state index contributed by atoms with van der Waals surface area (Å²) >= 11 is 5.77. The topological polar surface area (TPSA) is 94.3 Å². The van der Waals surface area contributed by atoms with Crippen LogP contribution in [0.25, 0.3) is 11.4 Å². The molecule has 1 N–H and O–H groups in total. The number of nitrogens with one attached hydrogen (secondary N) is 1. The summed E-state index contributed by atoms with van der Waals surface area (Å²) in [4.78, 5) is 27.9. The minimum absolute atomic E-state index is 0.171. The molecule has 3 rings (SSSR count). The molecule has 1 aromatic heterocycles. The summed E-state index contributed by atoms with van der Waals surface area (Å²) in [6.07, 6.45) is 0.947. The SMILES string of the molecule is CCc1ccc(-c2noc(COC(=O)CNC(=O)c3ccc(Cl)cc3)n2)cc1. The molecule has 2 aromatic carbocycles. The third-order valence-corrected chi connectivity index (χ3v) is 4.20. The third kappa shape index (κ3) is 5.17. The van der Waals surface area contributed by atoms with Gasteiger partial charge in [-0.05, 0) is 36.2 Å². The van der Waals surface area contributed by atoms with Crippen molar-refractivity contribution in [2.45, 2.75) is 20.0 Å². The standard InChI is InChI=1S/C20H18ClN3O4/c1-2-13-3-5-14(6-4-13)19-23-17(28-24-19)12-27-18(25)11-22-20(26)15-7-9-16(21)10-8-15/h3-10H,2,11-12H2,1H3,(H,22,26). The van der Waals surface area contributed by atoms with E-state index in [1.165, 1.54) is 5.56 Å². The summed E-state index contributed by atoms with van der Waals surface area (Å²) < 4.78 is 10.1. The van der Waals surface area contributed by atoms with Crippen molar-refractivity contribution < 1.29 is 18.8 Å². The quantitative estimate of drug-likeness (QED) is 0.612. The van der Waals surface area contributed by atoms with Crippen LogP contribution in [0, 0.1) is 0 Å². The number of nitrogens with zero attached hydrogens (tertiary/aromatic N) is 2. The van der Waals surface area contributed by atoms with Crippen molar-refractivity contribution in [3.05, 3.63) is 70.6 Å². The Bertz CT molecular complexity index is 952. The van der Waals surface area contributed by atoms with E-state index < -0.39 is 11.9 Å². The number of carbonyl (C=O) groups excluding carboxylic acids is 2. The van der Waals surface area contributed by atoms with Gasteiger partial charge in [0.05, 0.1) is 0 Å². The first-order valence-corrected chi connectivity index (χ1v) is 9.04. The second-order valence-electron chi connectivity index (χ2n) is 5.91. The summed E-state index contributed by atoms with van der Waals surface area (Å²) in [7, 11) is 0. The van der Waals surface area contributed by atoms with Crippen molar-refractivity contribution in [3.63, 3.8) is 0 Å². The van der Waals surface area contributed by atoms with E-state index in [2.05, 4.69) is 22.4 Å². The number of benzene rings is 2. The van der Waals surface area contributed by atoms with Gasteiger partial charge in [0.1, 0.15) is 6.54 Å². The van der Waals surface area contributed by atoms with E-state index in [9.17, 15) is 9.59 Å². The first-order chi connectivity index (χ1) is 13.5. The van der Waals surface area contributed by atoms with Crippen molar-refractivity contribution in [3.8, 4) is 11.4 Å². The van der Waals surface area contributed by atoms with E-state index in [1.807, 2.05) is 24.3 Å². The highest BCUT2D eigenvalue weighted by molar-refractivity contribution is 6.30. The molecule has 0 aliphatic rings. The van der Waals surface area contributed by atoms with E-state index in [1.54, 1.807) is 24.3 Å². The average molecular weight is 400 g/mol. The molecule has 0 saturated carbocycles. The summed E-state index contributed by atoms with van der Waals surface area (Å²) in [6.45, 7) is 1.63. The Morgan fingerprint density at radius 2 is 1.82 bits per heavy atom. The van der Waals surface area contributed by atoms with Gasteiger partial charge in [0.2, 0.25) is 5.82 Å². The van der Waals surface area contributed by atoms with Crippen LogP contribution in [0.1, 0.15) is 28.7 Å². The normalized spacial score (nSPS) is 10.5. The molecule has 0 atom stereocenters. The maximum Gasteiger partial charge on any atom is 0.325 e. The molecule has 3 aromatic rings. The predicted octanol–water partition coefficient (Wildman–Crippen LogP) is 3.43. The van der Waals surface area contributed by atoms with Crippen LogP contribution in [-0.4, -0.2) is 28.6 Å². The number of esters is 1. The number of hydrogen-bond acceptors (Lipinski definition) is 6. The van der Waals surface area contributed by atoms with Crippen molar-refractivity contribution in [2.24, 2.45) is 0 Å². The van der Waals surface area contributed by atoms with Gasteiger partial charge in [-0.3, -0.25) is 9.59 Å². The van der Waals surface area contributed by atoms with Crippen LogP contribution in [0.4, 0.5) is 0 Å². The Kier molecular flexibility index (Phi) is 6.39. The lowest BCUT2D eigenvalue weighted by atomic mass is 10.1. The molecule has 1 amide bonds. The fourth-order valence-corrected chi connectivity index (χ4v) is 2.50. The Hall–Kier alpha value is -3.19. The molecular formula is C20H18ClN3O4. The number of rotatable bonds is 7. The van der Waals surface area contributed by atoms with Crippen LogP contribution in [0.5, 0.6) is 0 Å². The van der Waals surface area contributed by atoms with E-state index in [4.69, 9.17) is 20.9 Å². The zero-order valence-electron chi connectivity index (χ0n) is 15.1. The van der Waals surface area contributed by atoms with Gasteiger partial charge in [-0.1, -0.05) is 47.9 Å². The highest BCUT2D eigenvalue weighted by atomic mass is 35.5. The van der Waals surface area contributed by atoms with Crippen molar-refractivity contribution in [1.29, 1.82) is 0 Å². The summed E-state index contributed by atoms with van der Waals surface area (Å²) in [5.74, 6) is -0.421. The van der Waals surface area contributed by atoms with Crippen molar-refractivity contribution in [1.82, 2.24) is 15.5 Å². The van der Waals surface area contributed by atoms with Crippen LogP contribution in [0.15, 0.2) is 53.1 Å². The number of amides is 1. The number of aromatic nitrogens is 2. The Labute approximate surface area is 166 Å². The van der Waals surface area contributed by atoms with Crippen molar-refractivity contribution in [2.75, 3.05) is 6.54 Å². The predicted molar refractivity (Wildman–Crippen MR) is 103 cm³/mol. The van der Waals surface area contributed by atoms with Gasteiger partial charge in [0.25, 0.3) is 11.8 Å². The molecular weight excluding hydrogens is 382 g/mol. The van der Waals surface area contributed by atoms with Crippen LogP contribution < -0.4 is 5.32 Å². The molecule has 0 fully saturated rings. The number of carbonyl (C=O) groups is 2. The zero-order chi connectivity index (χ0) is 19.9. The molecule has 0 saturated heterocycles. The van der Waals surface area contributed by atoms with Crippen LogP contribution in [0.2, 0.25) is 5.02 Å². The molecule has 28 heavy (non-hydrogen) atoms. The first-order valence-electron chi connectivity index (χ1n) is 8.66. The van der Waals surface area contributed by atoms with Gasteiger partial charge in [-0.15, -0.1) is 0 Å². The van der Waals surface area contributed by atoms with Crippen LogP contribution in [-0.2, 0) is 22.6 Å². The second kappa shape index (κ2) is 9.14. The van der Waals surface area contributed by atoms with Crippen LogP contribution in [0.3, 0.4) is 0 Å². The summed E-state index contributed by atoms with van der Waals surface area (Å²) in [5, 5.41) is 6.88. The minimum atomic E-state index is -0.616. The molecule has 0 bridgehead atoms. The lowest BCUT2D eigenvalue weighted by Crippen LogP contribution is -2.30. The first kappa shape index (κ1) is 19.6.